The highest BCUT2D eigenvalue weighted by Crippen LogP contribution is 2.23. The van der Waals surface area contributed by atoms with Gasteiger partial charge < -0.3 is 10.6 Å². The van der Waals surface area contributed by atoms with Crippen LogP contribution in [-0.4, -0.2) is 35.0 Å². The van der Waals surface area contributed by atoms with Crippen LogP contribution in [0.5, 0.6) is 0 Å². The van der Waals surface area contributed by atoms with Crippen LogP contribution in [0.1, 0.15) is 12.1 Å². The third-order valence-electron chi connectivity index (χ3n) is 3.55. The lowest BCUT2D eigenvalue weighted by molar-refractivity contribution is -0.116. The second kappa shape index (κ2) is 6.45. The summed E-state index contributed by atoms with van der Waals surface area (Å²) in [5, 5.41) is 7.42. The highest BCUT2D eigenvalue weighted by molar-refractivity contribution is 7.99. The molecule has 0 saturated carbocycles. The molecule has 1 atom stereocenters. The Labute approximate surface area is 128 Å². The number of carbonyl (C=O) groups is 1. The number of para-hydroxylation sites is 1. The Balaban J connectivity index is 1.76. The molecule has 0 radical (unpaired) electrons. The fourth-order valence-corrected chi connectivity index (χ4v) is 3.54. The first kappa shape index (κ1) is 14.4. The summed E-state index contributed by atoms with van der Waals surface area (Å²) in [6, 6.07) is 10.1. The van der Waals surface area contributed by atoms with Gasteiger partial charge in [0.05, 0.1) is 11.2 Å². The average molecular weight is 301 g/mol. The minimum absolute atomic E-state index is 0.0609. The van der Waals surface area contributed by atoms with Crippen molar-refractivity contribution in [1.29, 1.82) is 0 Å². The van der Waals surface area contributed by atoms with Crippen LogP contribution in [0.3, 0.4) is 0 Å². The van der Waals surface area contributed by atoms with Gasteiger partial charge in [0.15, 0.2) is 0 Å². The van der Waals surface area contributed by atoms with E-state index in [1.807, 2.05) is 49.0 Å². The van der Waals surface area contributed by atoms with Gasteiger partial charge in [-0.2, -0.15) is 11.8 Å². The summed E-state index contributed by atoms with van der Waals surface area (Å²) in [5.74, 6) is 2.20. The molecule has 1 aliphatic rings. The van der Waals surface area contributed by atoms with Gasteiger partial charge in [-0.05, 0) is 19.1 Å². The molecular formula is C16H19N3OS. The molecule has 4 nitrogen and oxygen atoms in total. The minimum atomic E-state index is 0.0609. The fourth-order valence-electron chi connectivity index (χ4n) is 2.59. The number of benzene rings is 1. The topological polar surface area (TPSA) is 54.0 Å². The van der Waals surface area contributed by atoms with E-state index < -0.39 is 0 Å². The van der Waals surface area contributed by atoms with Crippen molar-refractivity contribution in [3.63, 3.8) is 0 Å². The predicted octanol–water partition coefficient (Wildman–Crippen LogP) is 2.58. The molecule has 1 unspecified atom stereocenters. The Morgan fingerprint density at radius 2 is 2.33 bits per heavy atom. The monoisotopic (exact) mass is 301 g/mol. The summed E-state index contributed by atoms with van der Waals surface area (Å²) in [6.45, 7) is 2.93. The van der Waals surface area contributed by atoms with E-state index in [2.05, 4.69) is 15.6 Å². The Morgan fingerprint density at radius 3 is 3.14 bits per heavy atom. The third-order valence-corrected chi connectivity index (χ3v) is 4.68. The summed E-state index contributed by atoms with van der Waals surface area (Å²) < 4.78 is 0. The zero-order valence-corrected chi connectivity index (χ0v) is 12.9. The van der Waals surface area contributed by atoms with Crippen LogP contribution in [0.15, 0.2) is 30.3 Å². The molecule has 2 heterocycles. The summed E-state index contributed by atoms with van der Waals surface area (Å²) in [6.07, 6.45) is 0.517. The van der Waals surface area contributed by atoms with E-state index in [1.165, 1.54) is 0 Å². The molecule has 0 aliphatic carbocycles. The predicted molar refractivity (Wildman–Crippen MR) is 88.8 cm³/mol. The van der Waals surface area contributed by atoms with Gasteiger partial charge in [-0.3, -0.25) is 9.78 Å². The van der Waals surface area contributed by atoms with Gasteiger partial charge in [0.25, 0.3) is 0 Å². The smallest absolute Gasteiger partial charge is 0.225 e. The molecule has 1 amide bonds. The largest absolute Gasteiger partial charge is 0.325 e. The zero-order valence-electron chi connectivity index (χ0n) is 12.1. The number of pyridine rings is 1. The van der Waals surface area contributed by atoms with Crippen LogP contribution < -0.4 is 10.6 Å². The Hall–Kier alpha value is -1.59. The number of fused-ring (bicyclic) bond motifs is 1. The maximum absolute atomic E-state index is 12.3. The number of hydrogen-bond acceptors (Lipinski definition) is 4. The quantitative estimate of drug-likeness (QED) is 0.915. The first-order valence-electron chi connectivity index (χ1n) is 7.20. The number of aromatic nitrogens is 1. The highest BCUT2D eigenvalue weighted by atomic mass is 32.2. The van der Waals surface area contributed by atoms with Crippen molar-refractivity contribution in [2.24, 2.45) is 0 Å². The van der Waals surface area contributed by atoms with Crippen molar-refractivity contribution in [1.82, 2.24) is 10.3 Å². The van der Waals surface area contributed by atoms with Crippen molar-refractivity contribution in [3.8, 4) is 0 Å². The fraction of sp³-hybridized carbons (Fsp3) is 0.375. The van der Waals surface area contributed by atoms with Crippen molar-refractivity contribution < 1.29 is 4.79 Å². The minimum Gasteiger partial charge on any atom is -0.325 e. The summed E-state index contributed by atoms with van der Waals surface area (Å²) in [4.78, 5) is 16.7. The average Bonchev–Trinajstić information content (AvgIpc) is 2.48. The van der Waals surface area contributed by atoms with E-state index in [0.717, 1.165) is 40.3 Å². The molecule has 1 aliphatic heterocycles. The van der Waals surface area contributed by atoms with Gasteiger partial charge in [0.2, 0.25) is 5.91 Å². The third kappa shape index (κ3) is 3.54. The van der Waals surface area contributed by atoms with Gasteiger partial charge >= 0.3 is 0 Å². The zero-order chi connectivity index (χ0) is 14.7. The van der Waals surface area contributed by atoms with E-state index in [1.54, 1.807) is 0 Å². The molecule has 3 rings (SSSR count). The van der Waals surface area contributed by atoms with Crippen LogP contribution in [0.4, 0.5) is 5.69 Å². The van der Waals surface area contributed by atoms with Crippen LogP contribution in [0.25, 0.3) is 10.9 Å². The molecule has 110 valence electrons. The molecular weight excluding hydrogens is 282 g/mol. The van der Waals surface area contributed by atoms with Gasteiger partial charge in [-0.1, -0.05) is 18.2 Å². The molecule has 1 fully saturated rings. The summed E-state index contributed by atoms with van der Waals surface area (Å²) in [7, 11) is 0. The van der Waals surface area contributed by atoms with E-state index in [0.29, 0.717) is 6.42 Å². The maximum Gasteiger partial charge on any atom is 0.225 e. The van der Waals surface area contributed by atoms with Crippen molar-refractivity contribution in [3.05, 3.63) is 36.0 Å². The van der Waals surface area contributed by atoms with Crippen LogP contribution in [0, 0.1) is 6.92 Å². The number of amides is 1. The van der Waals surface area contributed by atoms with Crippen LogP contribution >= 0.6 is 11.8 Å². The van der Waals surface area contributed by atoms with E-state index >= 15 is 0 Å². The number of nitrogens with zero attached hydrogens (tertiary/aromatic N) is 1. The van der Waals surface area contributed by atoms with E-state index in [9.17, 15) is 4.79 Å². The summed E-state index contributed by atoms with van der Waals surface area (Å²) in [5.41, 5.74) is 2.68. The molecule has 2 aromatic rings. The van der Waals surface area contributed by atoms with Gasteiger partial charge in [0, 0.05) is 41.6 Å². The normalized spacial score (nSPS) is 18.6. The lowest BCUT2D eigenvalue weighted by Crippen LogP contribution is -2.39. The lowest BCUT2D eigenvalue weighted by atomic mass is 10.1. The van der Waals surface area contributed by atoms with Gasteiger partial charge in [-0.25, -0.2) is 0 Å². The number of rotatable bonds is 3. The number of nitrogens with one attached hydrogen (secondary N) is 2. The molecule has 1 aromatic heterocycles. The number of aryl methyl sites for hydroxylation is 1. The van der Waals surface area contributed by atoms with Crippen molar-refractivity contribution in [2.45, 2.75) is 19.4 Å². The van der Waals surface area contributed by atoms with E-state index in [4.69, 9.17) is 0 Å². The van der Waals surface area contributed by atoms with Crippen LogP contribution in [0.2, 0.25) is 0 Å². The first-order valence-corrected chi connectivity index (χ1v) is 8.35. The summed E-state index contributed by atoms with van der Waals surface area (Å²) >= 11 is 1.90. The Kier molecular flexibility index (Phi) is 4.41. The molecule has 1 saturated heterocycles. The van der Waals surface area contributed by atoms with Gasteiger partial charge in [0.1, 0.15) is 0 Å². The number of hydrogen-bond donors (Lipinski definition) is 2. The Morgan fingerprint density at radius 1 is 1.48 bits per heavy atom. The maximum atomic E-state index is 12.3. The van der Waals surface area contributed by atoms with E-state index in [-0.39, 0.29) is 11.9 Å². The number of anilines is 1. The molecule has 0 spiro atoms. The van der Waals surface area contributed by atoms with Crippen LogP contribution in [-0.2, 0) is 4.79 Å². The number of carbonyl (C=O) groups excluding carboxylic acids is 1. The highest BCUT2D eigenvalue weighted by Gasteiger charge is 2.17. The Bertz CT molecular complexity index is 653. The molecule has 0 bridgehead atoms. The standard InChI is InChI=1S/C16H19N3OS/c1-11-8-15(13-4-2-3-5-14(13)18-11)19-16(20)9-12-10-21-7-6-17-12/h2-5,8,12,17H,6-7,9-10H2,1H3,(H,18,19,20). The molecule has 5 heteroatoms. The second-order valence-corrected chi connectivity index (χ2v) is 6.46. The second-order valence-electron chi connectivity index (χ2n) is 5.31. The lowest BCUT2D eigenvalue weighted by Gasteiger charge is -2.22. The molecule has 21 heavy (non-hydrogen) atoms. The van der Waals surface area contributed by atoms with Crippen molar-refractivity contribution in [2.75, 3.05) is 23.4 Å². The first-order chi connectivity index (χ1) is 10.2. The SMILES string of the molecule is Cc1cc(NC(=O)CC2CSCCN2)c2ccccc2n1. The van der Waals surface area contributed by atoms with Gasteiger partial charge in [-0.15, -0.1) is 0 Å². The number of thioether (sulfide) groups is 1. The molecule has 2 N–H and O–H groups in total. The van der Waals surface area contributed by atoms with Crippen molar-refractivity contribution >= 4 is 34.3 Å². The molecule has 1 aromatic carbocycles.